The summed E-state index contributed by atoms with van der Waals surface area (Å²) in [6.45, 7) is 13.3. The lowest BCUT2D eigenvalue weighted by Gasteiger charge is -2.37. The first-order valence-corrected chi connectivity index (χ1v) is 7.35. The van der Waals surface area contributed by atoms with E-state index in [1.807, 2.05) is 0 Å². The van der Waals surface area contributed by atoms with Gasteiger partial charge in [0.05, 0.1) is 0 Å². The highest BCUT2D eigenvalue weighted by Crippen LogP contribution is 2.38. The summed E-state index contributed by atoms with van der Waals surface area (Å²) in [5.41, 5.74) is 9.01. The predicted molar refractivity (Wildman–Crippen MR) is 83.7 cm³/mol. The van der Waals surface area contributed by atoms with Crippen molar-refractivity contribution in [1.29, 1.82) is 0 Å². The Hall–Kier alpha value is -1.02. The van der Waals surface area contributed by atoms with Crippen molar-refractivity contribution in [1.82, 2.24) is 0 Å². The molecular formula is C17H28N2. The summed E-state index contributed by atoms with van der Waals surface area (Å²) in [5, 5.41) is 0. The van der Waals surface area contributed by atoms with Crippen LogP contribution in [-0.4, -0.2) is 18.6 Å². The maximum atomic E-state index is 5.90. The molecule has 1 aromatic carbocycles. The summed E-state index contributed by atoms with van der Waals surface area (Å²) >= 11 is 0. The highest BCUT2D eigenvalue weighted by atomic mass is 15.2. The molecule has 1 aliphatic rings. The zero-order valence-corrected chi connectivity index (χ0v) is 13.0. The number of benzene rings is 1. The fraction of sp³-hybridized carbons (Fsp3) is 0.647. The van der Waals surface area contributed by atoms with E-state index < -0.39 is 0 Å². The molecule has 0 saturated carbocycles. The Morgan fingerprint density at radius 1 is 1.21 bits per heavy atom. The van der Waals surface area contributed by atoms with Gasteiger partial charge in [0.25, 0.3) is 0 Å². The van der Waals surface area contributed by atoms with Gasteiger partial charge in [-0.3, -0.25) is 0 Å². The third-order valence-corrected chi connectivity index (χ3v) is 4.73. The molecule has 2 rings (SSSR count). The molecule has 2 nitrogen and oxygen atoms in total. The summed E-state index contributed by atoms with van der Waals surface area (Å²) in [5.74, 6) is 0.592. The summed E-state index contributed by atoms with van der Waals surface area (Å²) in [6.07, 6.45) is 1.20. The van der Waals surface area contributed by atoms with Crippen molar-refractivity contribution in [3.8, 4) is 0 Å². The van der Waals surface area contributed by atoms with E-state index >= 15 is 0 Å². The fourth-order valence-electron chi connectivity index (χ4n) is 3.16. The van der Waals surface area contributed by atoms with Crippen LogP contribution < -0.4 is 10.6 Å². The Bertz CT molecular complexity index is 426. The predicted octanol–water partition coefficient (Wildman–Crippen LogP) is 3.55. The van der Waals surface area contributed by atoms with E-state index in [4.69, 9.17) is 5.73 Å². The van der Waals surface area contributed by atoms with E-state index in [1.54, 1.807) is 0 Å². The molecular weight excluding hydrogens is 232 g/mol. The van der Waals surface area contributed by atoms with E-state index in [0.717, 1.165) is 13.1 Å². The molecule has 1 aromatic rings. The van der Waals surface area contributed by atoms with Gasteiger partial charge in [0.15, 0.2) is 0 Å². The Morgan fingerprint density at radius 3 is 2.21 bits per heavy atom. The largest absolute Gasteiger partial charge is 0.366 e. The van der Waals surface area contributed by atoms with Gasteiger partial charge in [-0.2, -0.15) is 0 Å². The van der Waals surface area contributed by atoms with Crippen LogP contribution in [0.1, 0.15) is 46.6 Å². The molecule has 0 bridgehead atoms. The third kappa shape index (κ3) is 2.64. The van der Waals surface area contributed by atoms with Gasteiger partial charge < -0.3 is 10.6 Å². The van der Waals surface area contributed by atoms with E-state index in [-0.39, 0.29) is 11.0 Å². The molecule has 2 heteroatoms. The number of hydrogen-bond donors (Lipinski definition) is 1. The Morgan fingerprint density at radius 2 is 1.79 bits per heavy atom. The third-order valence-electron chi connectivity index (χ3n) is 4.73. The SMILES string of the molecule is CC(C)(C)c1ccc(N2CCC(CN)C2(C)C)cc1. The molecule has 1 heterocycles. The summed E-state index contributed by atoms with van der Waals surface area (Å²) in [4.78, 5) is 2.51. The number of rotatable bonds is 2. The number of nitrogens with two attached hydrogens (primary N) is 1. The average molecular weight is 260 g/mol. The van der Waals surface area contributed by atoms with Crippen LogP contribution in [0.25, 0.3) is 0 Å². The molecule has 0 amide bonds. The molecule has 1 unspecified atom stereocenters. The molecule has 1 atom stereocenters. The van der Waals surface area contributed by atoms with Crippen molar-refractivity contribution in [3.05, 3.63) is 29.8 Å². The molecule has 0 radical (unpaired) electrons. The van der Waals surface area contributed by atoms with Gasteiger partial charge in [-0.15, -0.1) is 0 Å². The van der Waals surface area contributed by atoms with Crippen LogP contribution in [0.5, 0.6) is 0 Å². The van der Waals surface area contributed by atoms with E-state index in [1.165, 1.54) is 17.7 Å². The maximum Gasteiger partial charge on any atom is 0.0386 e. The molecule has 0 aliphatic carbocycles. The average Bonchev–Trinajstić information content (AvgIpc) is 2.63. The lowest BCUT2D eigenvalue weighted by molar-refractivity contribution is 0.374. The topological polar surface area (TPSA) is 29.3 Å². The van der Waals surface area contributed by atoms with Crippen molar-refractivity contribution in [3.63, 3.8) is 0 Å². The highest BCUT2D eigenvalue weighted by Gasteiger charge is 2.40. The quantitative estimate of drug-likeness (QED) is 0.881. The zero-order valence-electron chi connectivity index (χ0n) is 13.0. The van der Waals surface area contributed by atoms with Gasteiger partial charge in [0.1, 0.15) is 0 Å². The second-order valence-corrected chi connectivity index (χ2v) is 7.32. The molecule has 0 spiro atoms. The summed E-state index contributed by atoms with van der Waals surface area (Å²) in [7, 11) is 0. The standard InChI is InChI=1S/C17H28N2/c1-16(2,3)13-6-8-15(9-7-13)19-11-10-14(12-18)17(19,4)5/h6-9,14H,10-12,18H2,1-5H3. The van der Waals surface area contributed by atoms with Crippen molar-refractivity contribution < 1.29 is 0 Å². The van der Waals surface area contributed by atoms with Crippen LogP contribution in [-0.2, 0) is 5.41 Å². The normalized spacial score (nSPS) is 22.8. The lowest BCUT2D eigenvalue weighted by atomic mass is 9.86. The smallest absolute Gasteiger partial charge is 0.0386 e. The Balaban J connectivity index is 2.24. The Labute approximate surface area is 118 Å². The van der Waals surface area contributed by atoms with E-state index in [9.17, 15) is 0 Å². The minimum Gasteiger partial charge on any atom is -0.366 e. The van der Waals surface area contributed by atoms with Gasteiger partial charge in [0, 0.05) is 17.8 Å². The van der Waals surface area contributed by atoms with Crippen LogP contribution in [0, 0.1) is 5.92 Å². The summed E-state index contributed by atoms with van der Waals surface area (Å²) < 4.78 is 0. The monoisotopic (exact) mass is 260 g/mol. The van der Waals surface area contributed by atoms with Crippen LogP contribution in [0.15, 0.2) is 24.3 Å². The Kier molecular flexibility index (Phi) is 3.65. The van der Waals surface area contributed by atoms with Gasteiger partial charge in [-0.25, -0.2) is 0 Å². The minimum atomic E-state index is 0.165. The molecule has 1 saturated heterocycles. The number of anilines is 1. The molecule has 0 aromatic heterocycles. The van der Waals surface area contributed by atoms with Crippen LogP contribution >= 0.6 is 0 Å². The first-order chi connectivity index (χ1) is 8.76. The van der Waals surface area contributed by atoms with E-state index in [0.29, 0.717) is 5.92 Å². The first-order valence-electron chi connectivity index (χ1n) is 7.35. The lowest BCUT2D eigenvalue weighted by Crippen LogP contribution is -2.44. The van der Waals surface area contributed by atoms with Crippen molar-refractivity contribution >= 4 is 5.69 Å². The molecule has 2 N–H and O–H groups in total. The van der Waals surface area contributed by atoms with Crippen molar-refractivity contribution in [2.45, 2.75) is 52.0 Å². The minimum absolute atomic E-state index is 0.165. The molecule has 1 fully saturated rings. The van der Waals surface area contributed by atoms with Crippen LogP contribution in [0.4, 0.5) is 5.69 Å². The van der Waals surface area contributed by atoms with Gasteiger partial charge in [-0.05, 0) is 55.8 Å². The number of hydrogen-bond acceptors (Lipinski definition) is 2. The van der Waals surface area contributed by atoms with Crippen molar-refractivity contribution in [2.24, 2.45) is 11.7 Å². The second-order valence-electron chi connectivity index (χ2n) is 7.32. The molecule has 19 heavy (non-hydrogen) atoms. The molecule has 106 valence electrons. The molecule has 1 aliphatic heterocycles. The van der Waals surface area contributed by atoms with Gasteiger partial charge >= 0.3 is 0 Å². The van der Waals surface area contributed by atoms with Crippen molar-refractivity contribution in [2.75, 3.05) is 18.0 Å². The fourth-order valence-corrected chi connectivity index (χ4v) is 3.16. The maximum absolute atomic E-state index is 5.90. The van der Waals surface area contributed by atoms with Gasteiger partial charge in [-0.1, -0.05) is 32.9 Å². The van der Waals surface area contributed by atoms with E-state index in [2.05, 4.69) is 63.8 Å². The number of nitrogens with zero attached hydrogens (tertiary/aromatic N) is 1. The highest BCUT2D eigenvalue weighted by molar-refractivity contribution is 5.52. The summed E-state index contributed by atoms with van der Waals surface area (Å²) in [6, 6.07) is 9.06. The zero-order chi connectivity index (χ0) is 14.3. The van der Waals surface area contributed by atoms with Crippen LogP contribution in [0.3, 0.4) is 0 Å². The first kappa shape index (κ1) is 14.4. The second kappa shape index (κ2) is 4.82. The van der Waals surface area contributed by atoms with Gasteiger partial charge in [0.2, 0.25) is 0 Å². The van der Waals surface area contributed by atoms with Crippen LogP contribution in [0.2, 0.25) is 0 Å².